The zero-order chi connectivity index (χ0) is 17.8. The monoisotopic (exact) mass is 397 g/mol. The molecule has 8 heteroatoms. The van der Waals surface area contributed by atoms with E-state index < -0.39 is 0 Å². The summed E-state index contributed by atoms with van der Waals surface area (Å²) < 4.78 is 10.7. The average Bonchev–Trinajstić information content (AvgIpc) is 3.30. The van der Waals surface area contributed by atoms with E-state index >= 15 is 0 Å². The summed E-state index contributed by atoms with van der Waals surface area (Å²) in [5.41, 5.74) is 7.14. The number of aromatic nitrogens is 1. The molecule has 2 aromatic rings. The van der Waals surface area contributed by atoms with Gasteiger partial charge in [0.2, 0.25) is 0 Å². The molecule has 1 aliphatic heterocycles. The topological polar surface area (TPSA) is 77.7 Å². The molecule has 1 fully saturated rings. The molecule has 0 radical (unpaired) electrons. The molecule has 1 amide bonds. The number of ether oxygens (including phenoxy) is 2. The number of benzene rings is 1. The lowest BCUT2D eigenvalue weighted by Crippen LogP contribution is -2.30. The quantitative estimate of drug-likeness (QED) is 0.810. The molecule has 1 aromatic heterocycles. The van der Waals surface area contributed by atoms with E-state index in [9.17, 15) is 4.79 Å². The molecular formula is C18H24ClN3O3S. The summed E-state index contributed by atoms with van der Waals surface area (Å²) in [6.07, 6.45) is 2.61. The van der Waals surface area contributed by atoms with Gasteiger partial charge in [0.15, 0.2) is 11.5 Å². The number of rotatable bonds is 6. The number of likely N-dealkylation sites (tertiary alicyclic amines) is 1. The largest absolute Gasteiger partial charge is 0.493 e. The third-order valence-corrected chi connectivity index (χ3v) is 5.34. The molecule has 2 heterocycles. The summed E-state index contributed by atoms with van der Waals surface area (Å²) in [6, 6.07) is 5.87. The van der Waals surface area contributed by atoms with Crippen LogP contribution in [-0.2, 0) is 6.42 Å². The third kappa shape index (κ3) is 4.11. The molecule has 1 aliphatic rings. The second-order valence-corrected chi connectivity index (χ2v) is 6.88. The Morgan fingerprint density at radius 2 is 2.12 bits per heavy atom. The molecule has 26 heavy (non-hydrogen) atoms. The molecule has 0 saturated carbocycles. The van der Waals surface area contributed by atoms with Crippen LogP contribution in [0, 0.1) is 0 Å². The minimum absolute atomic E-state index is 0. The van der Waals surface area contributed by atoms with Crippen LogP contribution in [0.1, 0.15) is 39.9 Å². The van der Waals surface area contributed by atoms with E-state index in [0.717, 1.165) is 30.0 Å². The van der Waals surface area contributed by atoms with Crippen molar-refractivity contribution in [3.05, 3.63) is 39.8 Å². The number of hydrogen-bond acceptors (Lipinski definition) is 6. The van der Waals surface area contributed by atoms with Crippen molar-refractivity contribution >= 4 is 29.7 Å². The lowest BCUT2D eigenvalue weighted by atomic mass is 10.0. The fourth-order valence-corrected chi connectivity index (χ4v) is 4.00. The number of amides is 1. The Morgan fingerprint density at radius 1 is 1.35 bits per heavy atom. The minimum Gasteiger partial charge on any atom is -0.493 e. The summed E-state index contributed by atoms with van der Waals surface area (Å²) in [6.45, 7) is 1.28. The van der Waals surface area contributed by atoms with Gasteiger partial charge in [0.1, 0.15) is 5.69 Å². The van der Waals surface area contributed by atoms with Gasteiger partial charge in [0.25, 0.3) is 5.91 Å². The highest BCUT2D eigenvalue weighted by molar-refractivity contribution is 7.09. The van der Waals surface area contributed by atoms with Crippen molar-refractivity contribution in [2.24, 2.45) is 5.73 Å². The SMILES string of the molecule is COc1ccc(C2CCCN2C(=O)c2csc(CCN)n2)cc1OC.Cl. The molecule has 142 valence electrons. The molecule has 1 atom stereocenters. The van der Waals surface area contributed by atoms with Gasteiger partial charge < -0.3 is 20.1 Å². The van der Waals surface area contributed by atoms with Crippen LogP contribution in [0.25, 0.3) is 0 Å². The first-order valence-corrected chi connectivity index (χ1v) is 9.23. The van der Waals surface area contributed by atoms with E-state index in [2.05, 4.69) is 4.98 Å². The molecule has 1 unspecified atom stereocenters. The molecule has 0 aliphatic carbocycles. The Bertz CT molecular complexity index is 753. The fraction of sp³-hybridized carbons (Fsp3) is 0.444. The number of halogens is 1. The van der Waals surface area contributed by atoms with E-state index in [1.165, 1.54) is 11.3 Å². The normalized spacial score (nSPS) is 16.3. The zero-order valence-corrected chi connectivity index (χ0v) is 16.6. The van der Waals surface area contributed by atoms with Gasteiger partial charge in [-0.2, -0.15) is 0 Å². The summed E-state index contributed by atoms with van der Waals surface area (Å²) in [5, 5.41) is 2.74. The maximum atomic E-state index is 12.9. The summed E-state index contributed by atoms with van der Waals surface area (Å²) >= 11 is 1.49. The van der Waals surface area contributed by atoms with Crippen molar-refractivity contribution in [3.8, 4) is 11.5 Å². The number of thiazole rings is 1. The smallest absolute Gasteiger partial charge is 0.273 e. The molecule has 1 saturated heterocycles. The molecule has 0 bridgehead atoms. The van der Waals surface area contributed by atoms with Gasteiger partial charge >= 0.3 is 0 Å². The summed E-state index contributed by atoms with van der Waals surface area (Å²) in [7, 11) is 3.23. The van der Waals surface area contributed by atoms with Crippen LogP contribution in [0.3, 0.4) is 0 Å². The van der Waals surface area contributed by atoms with Gasteiger partial charge in [-0.3, -0.25) is 4.79 Å². The van der Waals surface area contributed by atoms with Crippen LogP contribution in [0.15, 0.2) is 23.6 Å². The average molecular weight is 398 g/mol. The Hall–Kier alpha value is -1.83. The van der Waals surface area contributed by atoms with Gasteiger partial charge in [0, 0.05) is 18.3 Å². The van der Waals surface area contributed by atoms with Crippen molar-refractivity contribution in [2.45, 2.75) is 25.3 Å². The summed E-state index contributed by atoms with van der Waals surface area (Å²) in [4.78, 5) is 19.3. The Labute approximate surface area is 163 Å². The predicted octanol–water partition coefficient (Wildman–Crippen LogP) is 3.06. The minimum atomic E-state index is -0.0168. The number of hydrogen-bond donors (Lipinski definition) is 1. The van der Waals surface area contributed by atoms with Crippen molar-refractivity contribution < 1.29 is 14.3 Å². The van der Waals surface area contributed by atoms with Crippen LogP contribution in [0.4, 0.5) is 0 Å². The first-order valence-electron chi connectivity index (χ1n) is 8.35. The van der Waals surface area contributed by atoms with Gasteiger partial charge in [-0.15, -0.1) is 23.7 Å². The predicted molar refractivity (Wildman–Crippen MR) is 105 cm³/mol. The molecular weight excluding hydrogens is 374 g/mol. The first-order chi connectivity index (χ1) is 12.2. The van der Waals surface area contributed by atoms with Crippen LogP contribution < -0.4 is 15.2 Å². The fourth-order valence-electron chi connectivity index (χ4n) is 3.21. The molecule has 3 rings (SSSR count). The van der Waals surface area contributed by atoms with E-state index in [1.807, 2.05) is 28.5 Å². The Kier molecular flexibility index (Phi) is 7.25. The van der Waals surface area contributed by atoms with Crippen LogP contribution in [0.5, 0.6) is 11.5 Å². The lowest BCUT2D eigenvalue weighted by Gasteiger charge is -2.25. The van der Waals surface area contributed by atoms with Gasteiger partial charge in [-0.05, 0) is 37.1 Å². The van der Waals surface area contributed by atoms with E-state index in [0.29, 0.717) is 30.2 Å². The molecule has 0 spiro atoms. The highest BCUT2D eigenvalue weighted by Crippen LogP contribution is 2.37. The van der Waals surface area contributed by atoms with Crippen LogP contribution in [-0.4, -0.2) is 43.1 Å². The van der Waals surface area contributed by atoms with Gasteiger partial charge in [0.05, 0.1) is 25.3 Å². The second kappa shape index (κ2) is 9.21. The number of nitrogens with zero attached hydrogens (tertiary/aromatic N) is 2. The van der Waals surface area contributed by atoms with Crippen LogP contribution in [0.2, 0.25) is 0 Å². The molecule has 1 aromatic carbocycles. The third-order valence-electron chi connectivity index (χ3n) is 4.44. The molecule has 6 nitrogen and oxygen atoms in total. The van der Waals surface area contributed by atoms with E-state index in [4.69, 9.17) is 15.2 Å². The maximum absolute atomic E-state index is 12.9. The number of carbonyl (C=O) groups excluding carboxylic acids is 1. The zero-order valence-electron chi connectivity index (χ0n) is 14.9. The van der Waals surface area contributed by atoms with Gasteiger partial charge in [-0.25, -0.2) is 4.98 Å². The summed E-state index contributed by atoms with van der Waals surface area (Å²) in [5.74, 6) is 1.35. The van der Waals surface area contributed by atoms with Crippen molar-refractivity contribution in [1.82, 2.24) is 9.88 Å². The standard InChI is InChI=1S/C18H23N3O3S.ClH/c1-23-15-6-5-12(10-16(15)24-2)14-4-3-9-21(14)18(22)13-11-25-17(20-13)7-8-19;/h5-6,10-11,14H,3-4,7-9,19H2,1-2H3;1H. The highest BCUT2D eigenvalue weighted by atomic mass is 35.5. The number of methoxy groups -OCH3 is 2. The highest BCUT2D eigenvalue weighted by Gasteiger charge is 2.32. The Balaban J connectivity index is 0.00000243. The second-order valence-electron chi connectivity index (χ2n) is 5.94. The van der Waals surface area contributed by atoms with E-state index in [1.54, 1.807) is 14.2 Å². The van der Waals surface area contributed by atoms with Gasteiger partial charge in [-0.1, -0.05) is 6.07 Å². The van der Waals surface area contributed by atoms with Crippen molar-refractivity contribution in [3.63, 3.8) is 0 Å². The number of carbonyl (C=O) groups is 1. The Morgan fingerprint density at radius 3 is 2.81 bits per heavy atom. The molecule has 2 N–H and O–H groups in total. The van der Waals surface area contributed by atoms with Crippen molar-refractivity contribution in [1.29, 1.82) is 0 Å². The maximum Gasteiger partial charge on any atom is 0.273 e. The first kappa shape index (κ1) is 20.5. The van der Waals surface area contributed by atoms with E-state index in [-0.39, 0.29) is 24.4 Å². The van der Waals surface area contributed by atoms with Crippen LogP contribution >= 0.6 is 23.7 Å². The lowest BCUT2D eigenvalue weighted by molar-refractivity contribution is 0.0730. The number of nitrogens with two attached hydrogens (primary N) is 1. The van der Waals surface area contributed by atoms with Crippen molar-refractivity contribution in [2.75, 3.05) is 27.3 Å².